The van der Waals surface area contributed by atoms with E-state index in [4.69, 9.17) is 4.42 Å². The zero-order valence-corrected chi connectivity index (χ0v) is 14.2. The number of imide groups is 1. The lowest BCUT2D eigenvalue weighted by Gasteiger charge is -2.14. The smallest absolute Gasteiger partial charge is 0.322 e. The lowest BCUT2D eigenvalue weighted by Crippen LogP contribution is -2.28. The van der Waals surface area contributed by atoms with Gasteiger partial charge >= 0.3 is 6.01 Å². The number of aromatic nitrogens is 4. The molecular weight excluding hydrogens is 352 g/mol. The predicted molar refractivity (Wildman–Crippen MR) is 92.6 cm³/mol. The summed E-state index contributed by atoms with van der Waals surface area (Å²) in [7, 11) is 1.76. The van der Waals surface area contributed by atoms with E-state index in [-0.39, 0.29) is 42.1 Å². The fraction of sp³-hybridized carbons (Fsp3) is 0.176. The van der Waals surface area contributed by atoms with Crippen molar-refractivity contribution >= 4 is 29.4 Å². The summed E-state index contributed by atoms with van der Waals surface area (Å²) >= 11 is 0. The van der Waals surface area contributed by atoms with Gasteiger partial charge in [-0.05, 0) is 24.3 Å². The molecule has 3 heterocycles. The largest absolute Gasteiger partial charge is 0.401 e. The highest BCUT2D eigenvalue weighted by Gasteiger charge is 2.30. The summed E-state index contributed by atoms with van der Waals surface area (Å²) in [4.78, 5) is 37.3. The number of benzene rings is 1. The molecule has 0 aliphatic carbocycles. The number of nitrogens with zero attached hydrogens (tertiary/aromatic N) is 5. The topological polar surface area (TPSA) is 123 Å². The van der Waals surface area contributed by atoms with Crippen LogP contribution in [0.15, 0.2) is 40.9 Å². The zero-order valence-electron chi connectivity index (χ0n) is 14.2. The Bertz CT molecular complexity index is 1040. The van der Waals surface area contributed by atoms with E-state index < -0.39 is 5.91 Å². The monoisotopic (exact) mass is 366 g/mol. The van der Waals surface area contributed by atoms with Crippen LogP contribution in [0.1, 0.15) is 23.2 Å². The molecule has 3 amide bonds. The van der Waals surface area contributed by atoms with Crippen molar-refractivity contribution < 1.29 is 18.8 Å². The molecule has 0 spiro atoms. The van der Waals surface area contributed by atoms with E-state index in [0.29, 0.717) is 11.4 Å². The maximum absolute atomic E-state index is 12.4. The molecule has 1 fully saturated rings. The molecule has 0 atom stereocenters. The number of anilines is 2. The van der Waals surface area contributed by atoms with Crippen LogP contribution in [0, 0.1) is 0 Å². The Morgan fingerprint density at radius 3 is 2.63 bits per heavy atom. The first-order chi connectivity index (χ1) is 13.0. The Balaban J connectivity index is 1.52. The summed E-state index contributed by atoms with van der Waals surface area (Å²) in [5.74, 6) is -0.899. The lowest BCUT2D eigenvalue weighted by atomic mass is 10.2. The molecule has 3 aromatic rings. The Morgan fingerprint density at radius 2 is 1.93 bits per heavy atom. The van der Waals surface area contributed by atoms with Crippen molar-refractivity contribution in [1.29, 1.82) is 0 Å². The van der Waals surface area contributed by atoms with E-state index in [9.17, 15) is 14.4 Å². The lowest BCUT2D eigenvalue weighted by molar-refractivity contribution is -0.121. The first kappa shape index (κ1) is 16.6. The van der Waals surface area contributed by atoms with Gasteiger partial charge in [0.2, 0.25) is 11.8 Å². The van der Waals surface area contributed by atoms with Gasteiger partial charge in [0.15, 0.2) is 0 Å². The summed E-state index contributed by atoms with van der Waals surface area (Å²) in [6.07, 6.45) is 2.07. The first-order valence-corrected chi connectivity index (χ1v) is 8.12. The molecule has 4 rings (SSSR count). The van der Waals surface area contributed by atoms with Gasteiger partial charge in [-0.25, -0.2) is 0 Å². The predicted octanol–water partition coefficient (Wildman–Crippen LogP) is 1.38. The van der Waals surface area contributed by atoms with Crippen LogP contribution in [0.5, 0.6) is 0 Å². The van der Waals surface area contributed by atoms with Crippen LogP contribution in [-0.2, 0) is 16.6 Å². The number of hydrogen-bond acceptors (Lipinski definition) is 7. The van der Waals surface area contributed by atoms with Crippen LogP contribution >= 0.6 is 0 Å². The van der Waals surface area contributed by atoms with Crippen LogP contribution in [-0.4, -0.2) is 37.7 Å². The average molecular weight is 366 g/mol. The highest BCUT2D eigenvalue weighted by atomic mass is 16.4. The Hall–Kier alpha value is -3.82. The molecule has 27 heavy (non-hydrogen) atoms. The van der Waals surface area contributed by atoms with Gasteiger partial charge < -0.3 is 4.42 Å². The summed E-state index contributed by atoms with van der Waals surface area (Å²) < 4.78 is 6.98. The van der Waals surface area contributed by atoms with E-state index in [1.54, 1.807) is 42.2 Å². The van der Waals surface area contributed by atoms with Crippen LogP contribution in [0.3, 0.4) is 0 Å². The molecule has 1 aliphatic heterocycles. The van der Waals surface area contributed by atoms with E-state index >= 15 is 0 Å². The molecular formula is C17H14N6O4. The number of nitrogens with one attached hydrogen (secondary N) is 1. The van der Waals surface area contributed by atoms with Crippen LogP contribution in [0.4, 0.5) is 11.7 Å². The number of aryl methyl sites for hydroxylation is 1. The minimum atomic E-state index is -0.507. The number of rotatable bonds is 4. The van der Waals surface area contributed by atoms with E-state index in [1.807, 2.05) is 0 Å². The third-order valence-corrected chi connectivity index (χ3v) is 4.00. The quantitative estimate of drug-likeness (QED) is 0.692. The molecule has 0 radical (unpaired) electrons. The fourth-order valence-electron chi connectivity index (χ4n) is 2.73. The van der Waals surface area contributed by atoms with Crippen molar-refractivity contribution in [2.45, 2.75) is 12.8 Å². The standard InChI is InChI=1S/C17H14N6O4/c1-22-8-7-12(21-22)16-19-20-17(27-16)18-15(26)10-3-2-4-11(9-10)23-13(24)5-6-14(23)25/h2-4,7-9H,5-6H2,1H3,(H,18,20,26). The summed E-state index contributed by atoms with van der Waals surface area (Å²) in [5, 5.41) is 14.3. The second-order valence-electron chi connectivity index (χ2n) is 5.91. The second kappa shape index (κ2) is 6.48. The van der Waals surface area contributed by atoms with Crippen molar-refractivity contribution in [2.24, 2.45) is 7.05 Å². The van der Waals surface area contributed by atoms with Gasteiger partial charge in [-0.1, -0.05) is 11.2 Å². The zero-order chi connectivity index (χ0) is 19.0. The number of carbonyl (C=O) groups is 3. The van der Waals surface area contributed by atoms with Crippen molar-refractivity contribution in [3.8, 4) is 11.6 Å². The van der Waals surface area contributed by atoms with E-state index in [1.165, 1.54) is 6.07 Å². The molecule has 0 unspecified atom stereocenters. The second-order valence-corrected chi connectivity index (χ2v) is 5.91. The van der Waals surface area contributed by atoms with Crippen LogP contribution < -0.4 is 10.2 Å². The number of carbonyl (C=O) groups excluding carboxylic acids is 3. The van der Waals surface area contributed by atoms with Crippen LogP contribution in [0.2, 0.25) is 0 Å². The first-order valence-electron chi connectivity index (χ1n) is 8.12. The molecule has 1 N–H and O–H groups in total. The summed E-state index contributed by atoms with van der Waals surface area (Å²) in [5.41, 5.74) is 1.09. The molecule has 136 valence electrons. The third-order valence-electron chi connectivity index (χ3n) is 4.00. The van der Waals surface area contributed by atoms with Gasteiger partial charge in [0.1, 0.15) is 5.69 Å². The summed E-state index contributed by atoms with van der Waals surface area (Å²) in [6, 6.07) is 7.83. The molecule has 2 aromatic heterocycles. The van der Waals surface area contributed by atoms with Crippen molar-refractivity contribution in [1.82, 2.24) is 20.0 Å². The van der Waals surface area contributed by atoms with Gasteiger partial charge in [0.25, 0.3) is 11.8 Å². The van der Waals surface area contributed by atoms with Crippen molar-refractivity contribution in [3.05, 3.63) is 42.1 Å². The fourth-order valence-corrected chi connectivity index (χ4v) is 2.73. The highest BCUT2D eigenvalue weighted by Crippen LogP contribution is 2.24. The Labute approximate surface area is 152 Å². The maximum Gasteiger partial charge on any atom is 0.322 e. The van der Waals surface area contributed by atoms with Gasteiger partial charge in [-0.15, -0.1) is 5.10 Å². The highest BCUT2D eigenvalue weighted by molar-refractivity contribution is 6.20. The maximum atomic E-state index is 12.4. The average Bonchev–Trinajstić information content (AvgIpc) is 3.36. The SMILES string of the molecule is Cn1ccc(-c2nnc(NC(=O)c3cccc(N4C(=O)CCC4=O)c3)o2)n1. The molecule has 1 aliphatic rings. The normalized spacial score (nSPS) is 14.0. The van der Waals surface area contributed by atoms with Crippen molar-refractivity contribution in [3.63, 3.8) is 0 Å². The molecule has 1 aromatic carbocycles. The Kier molecular flexibility index (Phi) is 3.99. The minimum absolute atomic E-state index is 0.0839. The van der Waals surface area contributed by atoms with E-state index in [0.717, 1.165) is 4.90 Å². The van der Waals surface area contributed by atoms with Gasteiger partial charge in [-0.3, -0.25) is 29.3 Å². The molecule has 0 saturated carbocycles. The number of amides is 3. The van der Waals surface area contributed by atoms with E-state index in [2.05, 4.69) is 20.6 Å². The molecule has 10 nitrogen and oxygen atoms in total. The molecule has 0 bridgehead atoms. The molecule has 10 heteroatoms. The van der Waals surface area contributed by atoms with Gasteiger partial charge in [0.05, 0.1) is 5.69 Å². The third kappa shape index (κ3) is 3.19. The Morgan fingerprint density at radius 1 is 1.15 bits per heavy atom. The van der Waals surface area contributed by atoms with Crippen molar-refractivity contribution in [2.75, 3.05) is 10.2 Å². The summed E-state index contributed by atoms with van der Waals surface area (Å²) in [6.45, 7) is 0. The number of hydrogen-bond donors (Lipinski definition) is 1. The van der Waals surface area contributed by atoms with Gasteiger partial charge in [0, 0.05) is 31.6 Å². The minimum Gasteiger partial charge on any atom is -0.401 e. The molecule has 1 saturated heterocycles. The van der Waals surface area contributed by atoms with Gasteiger partial charge in [-0.2, -0.15) is 5.10 Å². The van der Waals surface area contributed by atoms with Crippen LogP contribution in [0.25, 0.3) is 11.6 Å².